The van der Waals surface area contributed by atoms with Crippen molar-refractivity contribution in [2.75, 3.05) is 5.73 Å². The molecule has 1 unspecified atom stereocenters. The standard InChI is InChI=1S/C12H13BrN2O/c1-3-9(4-2)15-12(16)10-7-8(13)5-6-11(10)14/h1,5-7,9H,4,14H2,2H3,(H,15,16). The van der Waals surface area contributed by atoms with Gasteiger partial charge in [0.25, 0.3) is 5.91 Å². The maximum absolute atomic E-state index is 11.8. The van der Waals surface area contributed by atoms with E-state index < -0.39 is 0 Å². The second kappa shape index (κ2) is 5.57. The van der Waals surface area contributed by atoms with E-state index in [9.17, 15) is 4.79 Å². The molecule has 0 aliphatic heterocycles. The first-order chi connectivity index (χ1) is 7.58. The number of carbonyl (C=O) groups is 1. The van der Waals surface area contributed by atoms with Gasteiger partial charge in [-0.2, -0.15) is 0 Å². The van der Waals surface area contributed by atoms with E-state index in [1.807, 2.05) is 6.92 Å². The molecule has 1 aromatic rings. The third kappa shape index (κ3) is 3.01. The van der Waals surface area contributed by atoms with Crippen LogP contribution in [-0.4, -0.2) is 11.9 Å². The summed E-state index contributed by atoms with van der Waals surface area (Å²) in [6.45, 7) is 1.91. The molecule has 0 aliphatic rings. The molecule has 0 bridgehead atoms. The number of carbonyl (C=O) groups excluding carboxylic acids is 1. The second-order valence-electron chi connectivity index (χ2n) is 3.33. The number of hydrogen-bond donors (Lipinski definition) is 2. The molecule has 16 heavy (non-hydrogen) atoms. The van der Waals surface area contributed by atoms with Gasteiger partial charge in [-0.1, -0.05) is 28.8 Å². The zero-order valence-corrected chi connectivity index (χ0v) is 10.5. The Morgan fingerprint density at radius 1 is 1.69 bits per heavy atom. The lowest BCUT2D eigenvalue weighted by Crippen LogP contribution is -2.33. The molecule has 4 heteroatoms. The maximum Gasteiger partial charge on any atom is 0.254 e. The molecular formula is C12H13BrN2O. The molecule has 0 radical (unpaired) electrons. The van der Waals surface area contributed by atoms with Crippen LogP contribution in [0.15, 0.2) is 22.7 Å². The number of nitrogens with two attached hydrogens (primary N) is 1. The van der Waals surface area contributed by atoms with Crippen molar-refractivity contribution in [3.8, 4) is 12.3 Å². The van der Waals surface area contributed by atoms with Crippen LogP contribution < -0.4 is 11.1 Å². The molecule has 3 nitrogen and oxygen atoms in total. The average molecular weight is 281 g/mol. The average Bonchev–Trinajstić information content (AvgIpc) is 2.28. The molecule has 1 aromatic carbocycles. The fourth-order valence-corrected chi connectivity index (χ4v) is 1.58. The topological polar surface area (TPSA) is 55.1 Å². The van der Waals surface area contributed by atoms with Crippen molar-refractivity contribution in [1.29, 1.82) is 0 Å². The summed E-state index contributed by atoms with van der Waals surface area (Å²) >= 11 is 3.29. The van der Waals surface area contributed by atoms with Crippen molar-refractivity contribution in [3.63, 3.8) is 0 Å². The Hall–Kier alpha value is -1.47. The molecule has 1 amide bonds. The molecule has 84 valence electrons. The van der Waals surface area contributed by atoms with Crippen LogP contribution in [0.3, 0.4) is 0 Å². The number of halogens is 1. The number of amides is 1. The SMILES string of the molecule is C#CC(CC)NC(=O)c1cc(Br)ccc1N. The lowest BCUT2D eigenvalue weighted by molar-refractivity contribution is 0.0946. The number of hydrogen-bond acceptors (Lipinski definition) is 2. The lowest BCUT2D eigenvalue weighted by Gasteiger charge is -2.12. The van der Waals surface area contributed by atoms with Crippen LogP contribution in [-0.2, 0) is 0 Å². The lowest BCUT2D eigenvalue weighted by atomic mass is 10.1. The Kier molecular flexibility index (Phi) is 4.39. The Morgan fingerprint density at radius 2 is 2.38 bits per heavy atom. The van der Waals surface area contributed by atoms with E-state index in [1.165, 1.54) is 0 Å². The summed E-state index contributed by atoms with van der Waals surface area (Å²) in [5.41, 5.74) is 6.59. The van der Waals surface area contributed by atoms with Crippen LogP contribution in [0.2, 0.25) is 0 Å². The molecule has 0 spiro atoms. The van der Waals surface area contributed by atoms with E-state index in [1.54, 1.807) is 18.2 Å². The van der Waals surface area contributed by atoms with Crippen LogP contribution in [0.25, 0.3) is 0 Å². The van der Waals surface area contributed by atoms with E-state index in [4.69, 9.17) is 12.2 Å². The molecule has 0 aliphatic carbocycles. The number of benzene rings is 1. The smallest absolute Gasteiger partial charge is 0.254 e. The molecule has 0 saturated heterocycles. The molecule has 1 rings (SSSR count). The molecule has 0 heterocycles. The van der Waals surface area contributed by atoms with Crippen LogP contribution in [0.5, 0.6) is 0 Å². The van der Waals surface area contributed by atoms with Crippen molar-refractivity contribution < 1.29 is 4.79 Å². The van der Waals surface area contributed by atoms with Crippen LogP contribution >= 0.6 is 15.9 Å². The molecule has 1 atom stereocenters. The highest BCUT2D eigenvalue weighted by molar-refractivity contribution is 9.10. The monoisotopic (exact) mass is 280 g/mol. The normalized spacial score (nSPS) is 11.6. The van der Waals surface area contributed by atoms with Gasteiger partial charge in [0, 0.05) is 10.2 Å². The number of rotatable bonds is 3. The number of terminal acetylenes is 1. The molecule has 0 fully saturated rings. The highest BCUT2D eigenvalue weighted by atomic mass is 79.9. The second-order valence-corrected chi connectivity index (χ2v) is 4.25. The first-order valence-corrected chi connectivity index (χ1v) is 5.69. The minimum absolute atomic E-state index is 0.247. The zero-order chi connectivity index (χ0) is 12.1. The highest BCUT2D eigenvalue weighted by Crippen LogP contribution is 2.18. The quantitative estimate of drug-likeness (QED) is 0.659. The number of anilines is 1. The minimum atomic E-state index is -0.258. The predicted octanol–water partition coefficient (Wildman–Crippen LogP) is 2.17. The molecule has 0 saturated carbocycles. The Balaban J connectivity index is 2.89. The van der Waals surface area contributed by atoms with Gasteiger partial charge in [0.1, 0.15) is 0 Å². The number of nitrogen functional groups attached to an aromatic ring is 1. The van der Waals surface area contributed by atoms with Crippen molar-refractivity contribution in [3.05, 3.63) is 28.2 Å². The summed E-state index contributed by atoms with van der Waals surface area (Å²) in [5, 5.41) is 2.72. The van der Waals surface area contributed by atoms with Crippen LogP contribution in [0, 0.1) is 12.3 Å². The first kappa shape index (κ1) is 12.6. The third-order valence-electron chi connectivity index (χ3n) is 2.17. The molecule has 3 N–H and O–H groups in total. The van der Waals surface area contributed by atoms with Gasteiger partial charge in [0.15, 0.2) is 0 Å². The van der Waals surface area contributed by atoms with Gasteiger partial charge in [0.05, 0.1) is 11.6 Å². The van der Waals surface area contributed by atoms with Crippen LogP contribution in [0.4, 0.5) is 5.69 Å². The molecule has 0 aromatic heterocycles. The fourth-order valence-electron chi connectivity index (χ4n) is 1.22. The third-order valence-corrected chi connectivity index (χ3v) is 2.67. The van der Waals surface area contributed by atoms with Crippen molar-refractivity contribution in [2.24, 2.45) is 0 Å². The predicted molar refractivity (Wildman–Crippen MR) is 68.9 cm³/mol. The minimum Gasteiger partial charge on any atom is -0.398 e. The van der Waals surface area contributed by atoms with Crippen molar-refractivity contribution in [1.82, 2.24) is 5.32 Å². The van der Waals surface area contributed by atoms with Gasteiger partial charge in [-0.05, 0) is 24.6 Å². The summed E-state index contributed by atoms with van der Waals surface area (Å²) in [4.78, 5) is 11.8. The van der Waals surface area contributed by atoms with Gasteiger partial charge in [-0.3, -0.25) is 4.79 Å². The van der Waals surface area contributed by atoms with Gasteiger partial charge < -0.3 is 11.1 Å². The van der Waals surface area contributed by atoms with Crippen LogP contribution in [0.1, 0.15) is 23.7 Å². The van der Waals surface area contributed by atoms with Gasteiger partial charge in [0.2, 0.25) is 0 Å². The summed E-state index contributed by atoms with van der Waals surface area (Å²) in [5.74, 6) is 2.26. The maximum atomic E-state index is 11.8. The Bertz CT molecular complexity index is 437. The summed E-state index contributed by atoms with van der Waals surface area (Å²) < 4.78 is 0.806. The van der Waals surface area contributed by atoms with E-state index in [0.717, 1.165) is 4.47 Å². The number of nitrogens with one attached hydrogen (secondary N) is 1. The Morgan fingerprint density at radius 3 is 2.94 bits per heavy atom. The first-order valence-electron chi connectivity index (χ1n) is 4.90. The summed E-state index contributed by atoms with van der Waals surface area (Å²) in [7, 11) is 0. The Labute approximate surface area is 104 Å². The largest absolute Gasteiger partial charge is 0.398 e. The van der Waals surface area contributed by atoms with E-state index in [0.29, 0.717) is 17.7 Å². The van der Waals surface area contributed by atoms with E-state index in [-0.39, 0.29) is 11.9 Å². The van der Waals surface area contributed by atoms with Gasteiger partial charge in [-0.25, -0.2) is 0 Å². The van der Waals surface area contributed by atoms with Crippen molar-refractivity contribution >= 4 is 27.5 Å². The highest BCUT2D eigenvalue weighted by Gasteiger charge is 2.12. The summed E-state index contributed by atoms with van der Waals surface area (Å²) in [6, 6.07) is 4.87. The van der Waals surface area contributed by atoms with Gasteiger partial charge >= 0.3 is 0 Å². The van der Waals surface area contributed by atoms with E-state index >= 15 is 0 Å². The molecular weight excluding hydrogens is 268 g/mol. The fraction of sp³-hybridized carbons (Fsp3) is 0.250. The van der Waals surface area contributed by atoms with E-state index in [2.05, 4.69) is 27.2 Å². The van der Waals surface area contributed by atoms with Gasteiger partial charge in [-0.15, -0.1) is 6.42 Å². The summed E-state index contributed by atoms with van der Waals surface area (Å²) in [6.07, 6.45) is 5.96. The van der Waals surface area contributed by atoms with Crippen molar-refractivity contribution in [2.45, 2.75) is 19.4 Å². The zero-order valence-electron chi connectivity index (χ0n) is 8.96.